The lowest BCUT2D eigenvalue weighted by Crippen LogP contribution is -2.32. The normalized spacial score (nSPS) is 14.6. The molecule has 92 valence electrons. The Hall–Kier alpha value is -1.90. The fourth-order valence-corrected chi connectivity index (χ4v) is 1.80. The highest BCUT2D eigenvalue weighted by atomic mass is 14.8. The quantitative estimate of drug-likeness (QED) is 0.860. The summed E-state index contributed by atoms with van der Waals surface area (Å²) in [5.41, 5.74) is 14.4. The Morgan fingerprint density at radius 1 is 0.778 bits per heavy atom. The molecule has 4 N–H and O–H groups in total. The smallest absolute Gasteiger partial charge is 0.0485 e. The maximum atomic E-state index is 6.13. The van der Waals surface area contributed by atoms with Gasteiger partial charge in [0.25, 0.3) is 0 Å². The summed E-state index contributed by atoms with van der Waals surface area (Å²) < 4.78 is 0. The van der Waals surface area contributed by atoms with Crippen LogP contribution in [0.15, 0.2) is 66.7 Å². The van der Waals surface area contributed by atoms with Crippen LogP contribution in [0, 0.1) is 0 Å². The molecule has 2 aromatic rings. The van der Waals surface area contributed by atoms with Crippen LogP contribution in [-0.2, 0) is 0 Å². The molecule has 0 radical (unpaired) electrons. The van der Waals surface area contributed by atoms with Gasteiger partial charge in [0, 0.05) is 12.1 Å². The van der Waals surface area contributed by atoms with Gasteiger partial charge >= 0.3 is 0 Å². The predicted octanol–water partition coefficient (Wildman–Crippen LogP) is 2.73. The first-order valence-electron chi connectivity index (χ1n) is 6.07. The van der Waals surface area contributed by atoms with Crippen LogP contribution in [0.25, 0.3) is 6.08 Å². The van der Waals surface area contributed by atoms with Crippen molar-refractivity contribution in [3.8, 4) is 0 Å². The van der Waals surface area contributed by atoms with Crippen molar-refractivity contribution >= 4 is 6.08 Å². The first kappa shape index (κ1) is 12.6. The fraction of sp³-hybridized carbons (Fsp3) is 0.125. The molecule has 0 aliphatic heterocycles. The highest BCUT2D eigenvalue weighted by Crippen LogP contribution is 2.14. The van der Waals surface area contributed by atoms with E-state index in [1.807, 2.05) is 72.8 Å². The second kappa shape index (κ2) is 6.15. The number of hydrogen-bond acceptors (Lipinski definition) is 2. The molecule has 2 rings (SSSR count). The molecule has 2 nitrogen and oxygen atoms in total. The van der Waals surface area contributed by atoms with E-state index >= 15 is 0 Å². The maximum absolute atomic E-state index is 6.13. The average molecular weight is 238 g/mol. The SMILES string of the molecule is NC(/C=C/c1ccccc1)C(N)c1ccccc1. The van der Waals surface area contributed by atoms with Crippen molar-refractivity contribution in [1.82, 2.24) is 0 Å². The van der Waals surface area contributed by atoms with Crippen LogP contribution >= 0.6 is 0 Å². The molecule has 2 aromatic carbocycles. The zero-order chi connectivity index (χ0) is 12.8. The fourth-order valence-electron chi connectivity index (χ4n) is 1.80. The zero-order valence-corrected chi connectivity index (χ0v) is 10.2. The van der Waals surface area contributed by atoms with E-state index in [4.69, 9.17) is 11.5 Å². The Balaban J connectivity index is 2.04. The third kappa shape index (κ3) is 3.29. The Bertz CT molecular complexity index is 491. The molecule has 0 aromatic heterocycles. The maximum Gasteiger partial charge on any atom is 0.0485 e. The Morgan fingerprint density at radius 3 is 1.94 bits per heavy atom. The minimum absolute atomic E-state index is 0.175. The summed E-state index contributed by atoms with van der Waals surface area (Å²) in [6, 6.07) is 19.6. The Kier molecular flexibility index (Phi) is 4.29. The molecule has 2 heteroatoms. The van der Waals surface area contributed by atoms with Crippen molar-refractivity contribution in [2.45, 2.75) is 12.1 Å². The van der Waals surface area contributed by atoms with Crippen molar-refractivity contribution in [2.24, 2.45) is 11.5 Å². The summed E-state index contributed by atoms with van der Waals surface area (Å²) in [7, 11) is 0. The molecule has 0 aliphatic carbocycles. The molecular weight excluding hydrogens is 220 g/mol. The molecule has 0 saturated heterocycles. The predicted molar refractivity (Wildman–Crippen MR) is 76.8 cm³/mol. The van der Waals surface area contributed by atoms with E-state index in [1.54, 1.807) is 0 Å². The lowest BCUT2D eigenvalue weighted by Gasteiger charge is -2.16. The van der Waals surface area contributed by atoms with Crippen molar-refractivity contribution < 1.29 is 0 Å². The second-order valence-corrected chi connectivity index (χ2v) is 4.28. The lowest BCUT2D eigenvalue weighted by molar-refractivity contribution is 0.638. The van der Waals surface area contributed by atoms with Gasteiger partial charge in [0.1, 0.15) is 0 Å². The van der Waals surface area contributed by atoms with E-state index in [0.717, 1.165) is 11.1 Å². The largest absolute Gasteiger partial charge is 0.323 e. The summed E-state index contributed by atoms with van der Waals surface area (Å²) in [5.74, 6) is 0. The topological polar surface area (TPSA) is 52.0 Å². The van der Waals surface area contributed by atoms with E-state index in [-0.39, 0.29) is 12.1 Å². The summed E-state index contributed by atoms with van der Waals surface area (Å²) in [5, 5.41) is 0. The molecule has 2 unspecified atom stereocenters. The van der Waals surface area contributed by atoms with Gasteiger partial charge in [0.05, 0.1) is 0 Å². The lowest BCUT2D eigenvalue weighted by atomic mass is 10.00. The van der Waals surface area contributed by atoms with Crippen molar-refractivity contribution in [1.29, 1.82) is 0 Å². The van der Waals surface area contributed by atoms with Gasteiger partial charge < -0.3 is 11.5 Å². The standard InChI is InChI=1S/C16H18N2/c17-15(12-11-13-7-3-1-4-8-13)16(18)14-9-5-2-6-10-14/h1-12,15-16H,17-18H2/b12-11+. The molecular formula is C16H18N2. The molecule has 0 spiro atoms. The van der Waals surface area contributed by atoms with Gasteiger partial charge in [-0.25, -0.2) is 0 Å². The first-order valence-corrected chi connectivity index (χ1v) is 6.07. The van der Waals surface area contributed by atoms with E-state index in [2.05, 4.69) is 0 Å². The third-order valence-corrected chi connectivity index (χ3v) is 2.91. The van der Waals surface area contributed by atoms with E-state index in [1.165, 1.54) is 0 Å². The van der Waals surface area contributed by atoms with Gasteiger partial charge in [0.15, 0.2) is 0 Å². The molecule has 2 atom stereocenters. The van der Waals surface area contributed by atoms with Crippen LogP contribution < -0.4 is 11.5 Å². The van der Waals surface area contributed by atoms with Crippen LogP contribution in [0.2, 0.25) is 0 Å². The van der Waals surface area contributed by atoms with Crippen LogP contribution in [0.1, 0.15) is 17.2 Å². The van der Waals surface area contributed by atoms with Gasteiger partial charge in [-0.05, 0) is 11.1 Å². The summed E-state index contributed by atoms with van der Waals surface area (Å²) in [4.78, 5) is 0. The summed E-state index contributed by atoms with van der Waals surface area (Å²) >= 11 is 0. The number of rotatable bonds is 4. The summed E-state index contributed by atoms with van der Waals surface area (Å²) in [6.45, 7) is 0. The number of hydrogen-bond donors (Lipinski definition) is 2. The van der Waals surface area contributed by atoms with Crippen molar-refractivity contribution in [3.63, 3.8) is 0 Å². The molecule has 0 heterocycles. The second-order valence-electron chi connectivity index (χ2n) is 4.28. The van der Waals surface area contributed by atoms with Crippen LogP contribution in [-0.4, -0.2) is 6.04 Å². The van der Waals surface area contributed by atoms with Crippen molar-refractivity contribution in [2.75, 3.05) is 0 Å². The minimum Gasteiger partial charge on any atom is -0.323 e. The molecule has 0 aliphatic rings. The van der Waals surface area contributed by atoms with E-state index in [9.17, 15) is 0 Å². The molecule has 0 fully saturated rings. The van der Waals surface area contributed by atoms with Gasteiger partial charge in [0.2, 0.25) is 0 Å². The van der Waals surface area contributed by atoms with Gasteiger partial charge in [-0.3, -0.25) is 0 Å². The van der Waals surface area contributed by atoms with Gasteiger partial charge in [-0.1, -0.05) is 72.8 Å². The Morgan fingerprint density at radius 2 is 1.33 bits per heavy atom. The molecule has 0 bridgehead atoms. The van der Waals surface area contributed by atoms with Crippen LogP contribution in [0.5, 0.6) is 0 Å². The van der Waals surface area contributed by atoms with E-state index in [0.29, 0.717) is 0 Å². The highest BCUT2D eigenvalue weighted by Gasteiger charge is 2.11. The average Bonchev–Trinajstić information content (AvgIpc) is 2.46. The third-order valence-electron chi connectivity index (χ3n) is 2.91. The van der Waals surface area contributed by atoms with Crippen LogP contribution in [0.4, 0.5) is 0 Å². The van der Waals surface area contributed by atoms with Gasteiger partial charge in [-0.15, -0.1) is 0 Å². The van der Waals surface area contributed by atoms with E-state index < -0.39 is 0 Å². The highest BCUT2D eigenvalue weighted by molar-refractivity contribution is 5.49. The molecule has 0 saturated carbocycles. The number of benzene rings is 2. The zero-order valence-electron chi connectivity index (χ0n) is 10.2. The summed E-state index contributed by atoms with van der Waals surface area (Å²) in [6.07, 6.45) is 3.96. The Labute approximate surface area is 108 Å². The molecule has 0 amide bonds. The number of nitrogens with two attached hydrogens (primary N) is 2. The minimum atomic E-state index is -0.187. The first-order chi connectivity index (χ1) is 8.77. The van der Waals surface area contributed by atoms with Crippen molar-refractivity contribution in [3.05, 3.63) is 77.9 Å². The van der Waals surface area contributed by atoms with Crippen LogP contribution in [0.3, 0.4) is 0 Å². The monoisotopic (exact) mass is 238 g/mol. The van der Waals surface area contributed by atoms with Gasteiger partial charge in [-0.2, -0.15) is 0 Å². The molecule has 18 heavy (non-hydrogen) atoms.